The average Bonchev–Trinajstić information content (AvgIpc) is 2.92. The van der Waals surface area contributed by atoms with Gasteiger partial charge in [0.2, 0.25) is 0 Å². The summed E-state index contributed by atoms with van der Waals surface area (Å²) in [4.78, 5) is 0. The van der Waals surface area contributed by atoms with Crippen LogP contribution in [0.25, 0.3) is 0 Å². The topological polar surface area (TPSA) is 58.4 Å². The number of hydrogen-bond donors (Lipinski definition) is 0. The van der Waals surface area contributed by atoms with Crippen LogP contribution in [0.3, 0.4) is 0 Å². The summed E-state index contributed by atoms with van der Waals surface area (Å²) in [6.07, 6.45) is 11.9. The van der Waals surface area contributed by atoms with Gasteiger partial charge in [0.15, 0.2) is 0 Å². The van der Waals surface area contributed by atoms with Crippen molar-refractivity contribution in [2.75, 3.05) is 19.6 Å². The van der Waals surface area contributed by atoms with Gasteiger partial charge in [-0.1, -0.05) is 19.3 Å². The van der Waals surface area contributed by atoms with E-state index in [1.54, 1.807) is 14.8 Å². The summed E-state index contributed by atoms with van der Waals surface area (Å²) in [5.41, 5.74) is 0. The zero-order valence-corrected chi connectivity index (χ0v) is 14.6. The van der Waals surface area contributed by atoms with E-state index in [0.717, 1.165) is 57.9 Å². The highest BCUT2D eigenvalue weighted by molar-refractivity contribution is 7.86. The molecule has 0 radical (unpaired) electrons. The number of rotatable bonds is 5. The summed E-state index contributed by atoms with van der Waals surface area (Å²) in [5.74, 6) is 0. The van der Waals surface area contributed by atoms with E-state index in [9.17, 15) is 8.42 Å². The fourth-order valence-electron chi connectivity index (χ4n) is 3.70. The van der Waals surface area contributed by atoms with Crippen molar-refractivity contribution in [3.8, 4) is 0 Å². The highest BCUT2D eigenvalue weighted by atomic mass is 32.2. The predicted octanol–water partition coefficient (Wildman–Crippen LogP) is 2.25. The first kappa shape index (κ1) is 16.9. The van der Waals surface area contributed by atoms with Gasteiger partial charge in [-0.2, -0.15) is 22.1 Å². The van der Waals surface area contributed by atoms with Crippen molar-refractivity contribution in [2.45, 2.75) is 64.0 Å². The minimum absolute atomic E-state index is 0.112. The van der Waals surface area contributed by atoms with Crippen LogP contribution in [-0.2, 0) is 16.8 Å². The number of aryl methyl sites for hydroxylation is 1. The lowest BCUT2D eigenvalue weighted by Crippen LogP contribution is -2.51. The van der Waals surface area contributed by atoms with Gasteiger partial charge in [-0.3, -0.25) is 4.68 Å². The normalized spacial score (nSPS) is 25.3. The van der Waals surface area contributed by atoms with Crippen LogP contribution >= 0.6 is 0 Å². The van der Waals surface area contributed by atoms with Gasteiger partial charge in [-0.15, -0.1) is 0 Å². The van der Waals surface area contributed by atoms with Crippen molar-refractivity contribution in [1.82, 2.24) is 18.4 Å². The highest BCUT2D eigenvalue weighted by Gasteiger charge is 2.36. The van der Waals surface area contributed by atoms with Gasteiger partial charge in [-0.05, 0) is 38.2 Å². The lowest BCUT2D eigenvalue weighted by atomic mass is 10.0. The quantitative estimate of drug-likeness (QED) is 0.826. The van der Waals surface area contributed by atoms with Crippen molar-refractivity contribution in [3.63, 3.8) is 0 Å². The van der Waals surface area contributed by atoms with Crippen LogP contribution in [0.2, 0.25) is 0 Å². The van der Waals surface area contributed by atoms with Crippen molar-refractivity contribution in [1.29, 1.82) is 0 Å². The van der Waals surface area contributed by atoms with E-state index in [0.29, 0.717) is 19.6 Å². The largest absolute Gasteiger partial charge is 0.282 e. The Morgan fingerprint density at radius 2 is 1.74 bits per heavy atom. The Hall–Kier alpha value is -0.920. The SMILES string of the molecule is O=S(=O)(N1CCCCCC1)N1CCCC[C@@H]1CCn1cccn1. The lowest BCUT2D eigenvalue weighted by molar-refractivity contribution is 0.214. The molecule has 0 aromatic carbocycles. The summed E-state index contributed by atoms with van der Waals surface area (Å²) < 4.78 is 31.6. The Balaban J connectivity index is 1.68. The summed E-state index contributed by atoms with van der Waals surface area (Å²) in [5, 5.41) is 4.23. The number of aromatic nitrogens is 2. The smallest absolute Gasteiger partial charge is 0.273 e. The number of nitrogens with zero attached hydrogens (tertiary/aromatic N) is 4. The molecule has 0 bridgehead atoms. The molecule has 2 fully saturated rings. The minimum atomic E-state index is -3.31. The highest BCUT2D eigenvalue weighted by Crippen LogP contribution is 2.26. The molecule has 1 atom stereocenters. The molecule has 130 valence electrons. The molecule has 0 amide bonds. The number of hydrogen-bond acceptors (Lipinski definition) is 3. The van der Waals surface area contributed by atoms with Gasteiger partial charge < -0.3 is 0 Å². The van der Waals surface area contributed by atoms with E-state index < -0.39 is 10.2 Å². The Morgan fingerprint density at radius 1 is 1.00 bits per heavy atom. The standard InChI is InChI=1S/C16H28N4O2S/c21-23(22,19-12-4-1-2-5-13-19)20-14-6-3-8-16(20)9-15-18-11-7-10-17-18/h7,10-11,16H,1-6,8-9,12-15H2/t16-/m1/s1. The van der Waals surface area contributed by atoms with Crippen molar-refractivity contribution < 1.29 is 8.42 Å². The maximum atomic E-state index is 13.1. The third-order valence-electron chi connectivity index (χ3n) is 5.01. The Kier molecular flexibility index (Phi) is 5.71. The maximum Gasteiger partial charge on any atom is 0.282 e. The van der Waals surface area contributed by atoms with Crippen molar-refractivity contribution in [2.24, 2.45) is 0 Å². The fraction of sp³-hybridized carbons (Fsp3) is 0.812. The van der Waals surface area contributed by atoms with Gasteiger partial charge in [0.25, 0.3) is 10.2 Å². The van der Waals surface area contributed by atoms with E-state index in [4.69, 9.17) is 0 Å². The predicted molar refractivity (Wildman–Crippen MR) is 90.1 cm³/mol. The maximum absolute atomic E-state index is 13.1. The Labute approximate surface area is 139 Å². The molecule has 2 aliphatic heterocycles. The van der Waals surface area contributed by atoms with Gasteiger partial charge in [0, 0.05) is 44.6 Å². The Morgan fingerprint density at radius 3 is 2.43 bits per heavy atom. The van der Waals surface area contributed by atoms with Crippen LogP contribution in [0.1, 0.15) is 51.4 Å². The first-order valence-electron chi connectivity index (χ1n) is 8.92. The molecular formula is C16H28N4O2S. The molecule has 0 unspecified atom stereocenters. The molecule has 2 saturated heterocycles. The third-order valence-corrected chi connectivity index (χ3v) is 7.10. The van der Waals surface area contributed by atoms with Gasteiger partial charge in [-0.25, -0.2) is 0 Å². The molecule has 1 aromatic heterocycles. The van der Waals surface area contributed by atoms with E-state index in [1.165, 1.54) is 0 Å². The average molecular weight is 340 g/mol. The van der Waals surface area contributed by atoms with Crippen molar-refractivity contribution >= 4 is 10.2 Å². The van der Waals surface area contributed by atoms with Crippen LogP contribution < -0.4 is 0 Å². The molecule has 23 heavy (non-hydrogen) atoms. The fourth-order valence-corrected chi connectivity index (χ4v) is 5.66. The monoisotopic (exact) mass is 340 g/mol. The second kappa shape index (κ2) is 7.77. The van der Waals surface area contributed by atoms with Gasteiger partial charge in [0.05, 0.1) is 0 Å². The second-order valence-electron chi connectivity index (χ2n) is 6.64. The minimum Gasteiger partial charge on any atom is -0.273 e. The summed E-state index contributed by atoms with van der Waals surface area (Å²) >= 11 is 0. The molecule has 7 heteroatoms. The molecule has 6 nitrogen and oxygen atoms in total. The number of piperidine rings is 1. The molecule has 0 spiro atoms. The van der Waals surface area contributed by atoms with Crippen LogP contribution in [0.5, 0.6) is 0 Å². The van der Waals surface area contributed by atoms with E-state index >= 15 is 0 Å². The summed E-state index contributed by atoms with van der Waals surface area (Å²) in [6, 6.07) is 2.02. The van der Waals surface area contributed by atoms with Crippen LogP contribution in [0.15, 0.2) is 18.5 Å². The third kappa shape index (κ3) is 4.14. The van der Waals surface area contributed by atoms with Crippen LogP contribution in [0.4, 0.5) is 0 Å². The first-order chi connectivity index (χ1) is 11.2. The molecular weight excluding hydrogens is 312 g/mol. The second-order valence-corrected chi connectivity index (χ2v) is 8.52. The van der Waals surface area contributed by atoms with Crippen LogP contribution in [-0.4, -0.2) is 52.5 Å². The Bertz CT molecular complexity index is 565. The van der Waals surface area contributed by atoms with Crippen molar-refractivity contribution in [3.05, 3.63) is 18.5 Å². The molecule has 0 saturated carbocycles. The van der Waals surface area contributed by atoms with E-state index in [-0.39, 0.29) is 6.04 Å². The van der Waals surface area contributed by atoms with Gasteiger partial charge in [0.1, 0.15) is 0 Å². The molecule has 0 N–H and O–H groups in total. The van der Waals surface area contributed by atoms with E-state index in [2.05, 4.69) is 5.10 Å². The molecule has 2 aliphatic rings. The molecule has 3 rings (SSSR count). The van der Waals surface area contributed by atoms with Gasteiger partial charge >= 0.3 is 0 Å². The van der Waals surface area contributed by atoms with Crippen LogP contribution in [0, 0.1) is 0 Å². The zero-order chi connectivity index (χ0) is 16.1. The molecule has 3 heterocycles. The zero-order valence-electron chi connectivity index (χ0n) is 13.8. The van der Waals surface area contributed by atoms with E-state index in [1.807, 2.05) is 16.9 Å². The lowest BCUT2D eigenvalue weighted by Gasteiger charge is -2.37. The molecule has 1 aromatic rings. The summed E-state index contributed by atoms with van der Waals surface area (Å²) in [6.45, 7) is 2.82. The first-order valence-corrected chi connectivity index (χ1v) is 10.3. The molecule has 0 aliphatic carbocycles. The summed E-state index contributed by atoms with van der Waals surface area (Å²) in [7, 11) is -3.31.